The number of alkyl halides is 3. The minimum absolute atomic E-state index is 0.0100. The molecule has 31 heavy (non-hydrogen) atoms. The van der Waals surface area contributed by atoms with Crippen LogP contribution in [0.5, 0.6) is 0 Å². The number of halogens is 4. The second-order valence-electron chi connectivity index (χ2n) is 6.20. The topological polar surface area (TPSA) is 66.9 Å². The normalized spacial score (nSPS) is 11.1. The first-order valence-electron chi connectivity index (χ1n) is 8.87. The molecule has 0 aliphatic carbocycles. The Labute approximate surface area is 189 Å². The van der Waals surface area contributed by atoms with Crippen LogP contribution in [-0.4, -0.2) is 15.9 Å². The Morgan fingerprint density at radius 1 is 1.10 bits per heavy atom. The fourth-order valence-corrected chi connectivity index (χ4v) is 3.95. The molecule has 0 aliphatic heterocycles. The second kappa shape index (κ2) is 9.97. The summed E-state index contributed by atoms with van der Waals surface area (Å²) in [4.78, 5) is 19.3. The number of carbonyl (C=O) groups excluding carboxylic acids is 1. The van der Waals surface area contributed by atoms with E-state index in [2.05, 4.69) is 43.1 Å². The fourth-order valence-electron chi connectivity index (χ4n) is 2.47. The van der Waals surface area contributed by atoms with Crippen molar-refractivity contribution in [1.82, 2.24) is 9.97 Å². The number of amides is 1. The van der Waals surface area contributed by atoms with Crippen molar-refractivity contribution in [2.45, 2.75) is 17.1 Å². The molecular weight excluding hydrogens is 493 g/mol. The first kappa shape index (κ1) is 22.8. The molecule has 0 spiro atoms. The van der Waals surface area contributed by atoms with E-state index in [0.717, 1.165) is 33.9 Å². The summed E-state index contributed by atoms with van der Waals surface area (Å²) in [6.45, 7) is 3.38. The van der Waals surface area contributed by atoms with Crippen LogP contribution < -0.4 is 10.6 Å². The Morgan fingerprint density at radius 2 is 1.84 bits per heavy atom. The minimum Gasteiger partial charge on any atom is -0.340 e. The average Bonchev–Trinajstić information content (AvgIpc) is 2.72. The Bertz CT molecular complexity index is 1110. The number of nitrogens with one attached hydrogen (secondary N) is 2. The lowest BCUT2D eigenvalue weighted by Crippen LogP contribution is -2.11. The Kier molecular flexibility index (Phi) is 7.34. The van der Waals surface area contributed by atoms with Crippen LogP contribution in [0.1, 0.15) is 11.3 Å². The van der Waals surface area contributed by atoms with Gasteiger partial charge in [-0.05, 0) is 35.9 Å². The molecule has 0 unspecified atom stereocenters. The third-order valence-electron chi connectivity index (χ3n) is 3.90. The van der Waals surface area contributed by atoms with Crippen LogP contribution in [0.15, 0.2) is 76.9 Å². The molecule has 0 fully saturated rings. The summed E-state index contributed by atoms with van der Waals surface area (Å²) in [6.07, 6.45) is -3.50. The van der Waals surface area contributed by atoms with Gasteiger partial charge in [0.2, 0.25) is 5.91 Å². The number of anilines is 3. The van der Waals surface area contributed by atoms with E-state index in [9.17, 15) is 18.0 Å². The summed E-state index contributed by atoms with van der Waals surface area (Å²) in [5, 5.41) is 5.43. The first-order chi connectivity index (χ1) is 14.7. The zero-order valence-electron chi connectivity index (χ0n) is 15.9. The molecule has 0 saturated carbocycles. The van der Waals surface area contributed by atoms with E-state index in [4.69, 9.17) is 0 Å². The molecule has 1 heterocycles. The lowest BCUT2D eigenvalue weighted by Gasteiger charge is -2.13. The van der Waals surface area contributed by atoms with Gasteiger partial charge in [-0.25, -0.2) is 9.97 Å². The number of rotatable bonds is 7. The number of aromatic nitrogens is 2. The average molecular weight is 509 g/mol. The minimum atomic E-state index is -4.62. The van der Waals surface area contributed by atoms with Gasteiger partial charge in [-0.2, -0.15) is 13.2 Å². The van der Waals surface area contributed by atoms with Crippen molar-refractivity contribution in [3.05, 3.63) is 83.0 Å². The molecule has 2 aromatic carbocycles. The highest BCUT2D eigenvalue weighted by molar-refractivity contribution is 9.10. The zero-order chi connectivity index (χ0) is 22.4. The second-order valence-corrected chi connectivity index (χ2v) is 7.99. The van der Waals surface area contributed by atoms with Crippen molar-refractivity contribution < 1.29 is 18.0 Å². The molecule has 3 aromatic rings. The van der Waals surface area contributed by atoms with Gasteiger partial charge < -0.3 is 10.6 Å². The van der Waals surface area contributed by atoms with E-state index in [1.54, 1.807) is 24.3 Å². The summed E-state index contributed by atoms with van der Waals surface area (Å²) < 4.78 is 41.0. The number of benzene rings is 2. The Morgan fingerprint density at radius 3 is 2.55 bits per heavy atom. The van der Waals surface area contributed by atoms with Gasteiger partial charge in [0.05, 0.1) is 0 Å². The van der Waals surface area contributed by atoms with E-state index in [1.165, 1.54) is 0 Å². The molecule has 0 aliphatic rings. The lowest BCUT2D eigenvalue weighted by molar-refractivity contribution is -0.141. The van der Waals surface area contributed by atoms with E-state index in [-0.39, 0.29) is 11.0 Å². The molecule has 0 atom stereocenters. The summed E-state index contributed by atoms with van der Waals surface area (Å²) in [5.41, 5.74) is 0.781. The quantitative estimate of drug-likeness (QED) is 0.219. The summed E-state index contributed by atoms with van der Waals surface area (Å²) in [7, 11) is 0. The molecule has 0 bridgehead atoms. The van der Waals surface area contributed by atoms with Crippen molar-refractivity contribution in [2.75, 3.05) is 10.6 Å². The van der Waals surface area contributed by atoms with Crippen LogP contribution in [0.4, 0.5) is 30.4 Å². The molecule has 160 valence electrons. The fraction of sp³-hybridized carbons (Fsp3) is 0.0952. The maximum atomic E-state index is 13.4. The molecule has 1 aromatic heterocycles. The zero-order valence-corrected chi connectivity index (χ0v) is 18.3. The number of hydrogen-bond acceptors (Lipinski definition) is 5. The van der Waals surface area contributed by atoms with E-state index in [0.29, 0.717) is 17.1 Å². The predicted molar refractivity (Wildman–Crippen MR) is 119 cm³/mol. The summed E-state index contributed by atoms with van der Waals surface area (Å²) in [5.74, 6) is -0.0147. The molecular formula is C21H16BrF3N4OS. The highest BCUT2D eigenvalue weighted by Crippen LogP contribution is 2.33. The van der Waals surface area contributed by atoms with Gasteiger partial charge in [-0.1, -0.05) is 58.5 Å². The lowest BCUT2D eigenvalue weighted by atomic mass is 10.2. The molecule has 2 N–H and O–H groups in total. The van der Waals surface area contributed by atoms with Crippen LogP contribution in [0.25, 0.3) is 0 Å². The number of thioether (sulfide) groups is 1. The van der Waals surface area contributed by atoms with Crippen molar-refractivity contribution in [1.29, 1.82) is 0 Å². The van der Waals surface area contributed by atoms with Crippen LogP contribution in [-0.2, 0) is 16.7 Å². The summed E-state index contributed by atoms with van der Waals surface area (Å²) in [6, 6.07) is 14.8. The highest BCUT2D eigenvalue weighted by atomic mass is 79.9. The number of carbonyl (C=O) groups is 1. The van der Waals surface area contributed by atoms with E-state index in [1.807, 2.05) is 24.3 Å². The van der Waals surface area contributed by atoms with Crippen LogP contribution in [0.2, 0.25) is 0 Å². The molecule has 1 amide bonds. The molecule has 10 heteroatoms. The van der Waals surface area contributed by atoms with Gasteiger partial charge in [0.1, 0.15) is 5.82 Å². The van der Waals surface area contributed by atoms with Gasteiger partial charge in [0.25, 0.3) is 0 Å². The van der Waals surface area contributed by atoms with Gasteiger partial charge in [-0.3, -0.25) is 4.79 Å². The van der Waals surface area contributed by atoms with Gasteiger partial charge in [0, 0.05) is 27.7 Å². The van der Waals surface area contributed by atoms with E-state index < -0.39 is 17.8 Å². The summed E-state index contributed by atoms with van der Waals surface area (Å²) >= 11 is 4.52. The molecule has 3 rings (SSSR count). The number of hydrogen-bond donors (Lipinski definition) is 2. The van der Waals surface area contributed by atoms with E-state index >= 15 is 0 Å². The molecule has 0 radical (unpaired) electrons. The van der Waals surface area contributed by atoms with Gasteiger partial charge >= 0.3 is 6.18 Å². The van der Waals surface area contributed by atoms with Crippen LogP contribution in [0.3, 0.4) is 0 Å². The third-order valence-corrected chi connectivity index (χ3v) is 5.57. The predicted octanol–water partition coefficient (Wildman–Crippen LogP) is 6.42. The van der Waals surface area contributed by atoms with Crippen molar-refractivity contribution in [2.24, 2.45) is 0 Å². The number of nitrogens with zero attached hydrogens (tertiary/aromatic N) is 2. The highest BCUT2D eigenvalue weighted by Gasteiger charge is 2.33. The molecule has 0 saturated heterocycles. The Hall–Kier alpha value is -2.85. The van der Waals surface area contributed by atoms with Crippen molar-refractivity contribution in [3.63, 3.8) is 0 Å². The maximum absolute atomic E-state index is 13.4. The van der Waals surface area contributed by atoms with Gasteiger partial charge in [0.15, 0.2) is 10.9 Å². The van der Waals surface area contributed by atoms with Crippen LogP contribution in [0, 0.1) is 0 Å². The van der Waals surface area contributed by atoms with Gasteiger partial charge in [-0.15, -0.1) is 0 Å². The SMILES string of the molecule is C=CC(=O)Nc1cccc(Nc2cc(C(F)(F)F)nc(SCc3ccccc3Br)n2)c1. The van der Waals surface area contributed by atoms with Crippen molar-refractivity contribution in [3.8, 4) is 0 Å². The Balaban J connectivity index is 1.85. The maximum Gasteiger partial charge on any atom is 0.433 e. The monoisotopic (exact) mass is 508 g/mol. The first-order valence-corrected chi connectivity index (χ1v) is 10.7. The smallest absolute Gasteiger partial charge is 0.340 e. The van der Waals surface area contributed by atoms with Crippen molar-refractivity contribution >= 4 is 50.8 Å². The molecule has 5 nitrogen and oxygen atoms in total. The third kappa shape index (κ3) is 6.56. The van der Waals surface area contributed by atoms with Crippen LogP contribution >= 0.6 is 27.7 Å². The standard InChI is InChI=1S/C21H16BrF3N4OS/c1-2-19(30)27-15-8-5-7-14(10-15)26-18-11-17(21(23,24)25)28-20(29-18)31-12-13-6-3-4-9-16(13)22/h2-11H,1,12H2,(H,27,30)(H,26,28,29). The largest absolute Gasteiger partial charge is 0.433 e.